The number of carbonyl (C=O) groups is 1. The van der Waals surface area contributed by atoms with Gasteiger partial charge < -0.3 is 15.8 Å². The first kappa shape index (κ1) is 15.8. The van der Waals surface area contributed by atoms with Crippen molar-refractivity contribution in [3.8, 4) is 5.75 Å². The number of halogens is 1. The number of carbonyl (C=O) groups excluding carboxylic acids is 1. The van der Waals surface area contributed by atoms with Crippen molar-refractivity contribution >= 4 is 17.5 Å². The van der Waals surface area contributed by atoms with E-state index in [9.17, 15) is 4.79 Å². The Bertz CT molecular complexity index is 399. The number of benzene rings is 1. The molecule has 1 rings (SSSR count). The summed E-state index contributed by atoms with van der Waals surface area (Å²) < 4.78 is 5.50. The summed E-state index contributed by atoms with van der Waals surface area (Å²) in [5.41, 5.74) is 5.47. The van der Waals surface area contributed by atoms with E-state index in [0.29, 0.717) is 49.2 Å². The SMILES string of the molecule is CC(CN)CNC(=O)CCCOc1ccccc1Cl. The van der Waals surface area contributed by atoms with Gasteiger partial charge in [-0.15, -0.1) is 0 Å². The van der Waals surface area contributed by atoms with Crippen LogP contribution in [0.2, 0.25) is 5.02 Å². The largest absolute Gasteiger partial charge is 0.492 e. The summed E-state index contributed by atoms with van der Waals surface area (Å²) in [4.78, 5) is 11.5. The van der Waals surface area contributed by atoms with Gasteiger partial charge in [-0.2, -0.15) is 0 Å². The summed E-state index contributed by atoms with van der Waals surface area (Å²) in [6.07, 6.45) is 1.11. The Balaban J connectivity index is 2.14. The fourth-order valence-electron chi connectivity index (χ4n) is 1.44. The highest BCUT2D eigenvalue weighted by atomic mass is 35.5. The summed E-state index contributed by atoms with van der Waals surface area (Å²) in [5, 5.41) is 3.43. The molecule has 106 valence electrons. The van der Waals surface area contributed by atoms with E-state index >= 15 is 0 Å². The summed E-state index contributed by atoms with van der Waals surface area (Å²) in [7, 11) is 0. The molecule has 0 aliphatic carbocycles. The van der Waals surface area contributed by atoms with Crippen LogP contribution >= 0.6 is 11.6 Å². The van der Waals surface area contributed by atoms with Crippen molar-refractivity contribution in [2.45, 2.75) is 19.8 Å². The Morgan fingerprint density at radius 3 is 2.89 bits per heavy atom. The maximum absolute atomic E-state index is 11.5. The van der Waals surface area contributed by atoms with Crippen LogP contribution in [0.3, 0.4) is 0 Å². The van der Waals surface area contributed by atoms with E-state index in [1.54, 1.807) is 6.07 Å². The normalized spacial score (nSPS) is 11.9. The lowest BCUT2D eigenvalue weighted by molar-refractivity contribution is -0.121. The van der Waals surface area contributed by atoms with Crippen LogP contribution in [0, 0.1) is 5.92 Å². The quantitative estimate of drug-likeness (QED) is 0.720. The van der Waals surface area contributed by atoms with Crippen LogP contribution in [0.25, 0.3) is 0 Å². The Morgan fingerprint density at radius 1 is 1.47 bits per heavy atom. The highest BCUT2D eigenvalue weighted by molar-refractivity contribution is 6.32. The molecule has 19 heavy (non-hydrogen) atoms. The van der Waals surface area contributed by atoms with Crippen molar-refractivity contribution in [1.29, 1.82) is 0 Å². The fraction of sp³-hybridized carbons (Fsp3) is 0.500. The van der Waals surface area contributed by atoms with Gasteiger partial charge in [-0.05, 0) is 31.0 Å². The van der Waals surface area contributed by atoms with E-state index in [-0.39, 0.29) is 5.91 Å². The molecule has 1 aromatic carbocycles. The van der Waals surface area contributed by atoms with E-state index in [0.717, 1.165) is 0 Å². The number of amides is 1. The molecule has 0 fully saturated rings. The monoisotopic (exact) mass is 284 g/mol. The van der Waals surface area contributed by atoms with Crippen molar-refractivity contribution in [2.24, 2.45) is 11.7 Å². The van der Waals surface area contributed by atoms with Gasteiger partial charge in [-0.1, -0.05) is 30.7 Å². The lowest BCUT2D eigenvalue weighted by Gasteiger charge is -2.10. The first-order valence-electron chi connectivity index (χ1n) is 6.47. The van der Waals surface area contributed by atoms with Crippen molar-refractivity contribution in [3.63, 3.8) is 0 Å². The number of para-hydroxylation sites is 1. The summed E-state index contributed by atoms with van der Waals surface area (Å²) in [6, 6.07) is 7.30. The standard InChI is InChI=1S/C14H21ClN2O2/c1-11(9-16)10-17-14(18)7-4-8-19-13-6-3-2-5-12(13)15/h2-3,5-6,11H,4,7-10,16H2,1H3,(H,17,18). The van der Waals surface area contributed by atoms with Gasteiger partial charge >= 0.3 is 0 Å². The Hall–Kier alpha value is -1.26. The van der Waals surface area contributed by atoms with Crippen molar-refractivity contribution in [3.05, 3.63) is 29.3 Å². The van der Waals surface area contributed by atoms with Crippen LogP contribution in [0.1, 0.15) is 19.8 Å². The molecule has 1 aromatic rings. The molecular formula is C14H21ClN2O2. The molecular weight excluding hydrogens is 264 g/mol. The summed E-state index contributed by atoms with van der Waals surface area (Å²) in [5.74, 6) is 0.993. The number of hydrogen-bond donors (Lipinski definition) is 2. The molecule has 0 aliphatic rings. The van der Waals surface area contributed by atoms with Gasteiger partial charge in [0.05, 0.1) is 11.6 Å². The molecule has 0 saturated carbocycles. The van der Waals surface area contributed by atoms with Gasteiger partial charge in [0.1, 0.15) is 5.75 Å². The van der Waals surface area contributed by atoms with Crippen LogP contribution in [0.15, 0.2) is 24.3 Å². The zero-order valence-electron chi connectivity index (χ0n) is 11.2. The van der Waals surface area contributed by atoms with Crippen LogP contribution < -0.4 is 15.8 Å². The topological polar surface area (TPSA) is 64.3 Å². The van der Waals surface area contributed by atoms with E-state index in [1.165, 1.54) is 0 Å². The predicted octanol–water partition coefficient (Wildman–Crippen LogP) is 2.21. The zero-order chi connectivity index (χ0) is 14.1. The van der Waals surface area contributed by atoms with E-state index in [4.69, 9.17) is 22.1 Å². The maximum atomic E-state index is 11.5. The number of nitrogens with one attached hydrogen (secondary N) is 1. The van der Waals surface area contributed by atoms with Crippen LogP contribution in [-0.2, 0) is 4.79 Å². The van der Waals surface area contributed by atoms with Crippen LogP contribution in [-0.4, -0.2) is 25.6 Å². The third-order valence-electron chi connectivity index (χ3n) is 2.69. The predicted molar refractivity (Wildman–Crippen MR) is 77.4 cm³/mol. The highest BCUT2D eigenvalue weighted by Gasteiger charge is 2.05. The van der Waals surface area contributed by atoms with Crippen molar-refractivity contribution in [2.75, 3.05) is 19.7 Å². The highest BCUT2D eigenvalue weighted by Crippen LogP contribution is 2.23. The molecule has 0 aliphatic heterocycles. The molecule has 0 heterocycles. The number of nitrogens with two attached hydrogens (primary N) is 1. The lowest BCUT2D eigenvalue weighted by Crippen LogP contribution is -2.31. The lowest BCUT2D eigenvalue weighted by atomic mass is 10.2. The molecule has 0 aromatic heterocycles. The average Bonchev–Trinajstić information content (AvgIpc) is 2.42. The number of ether oxygens (including phenoxy) is 1. The molecule has 0 radical (unpaired) electrons. The molecule has 1 amide bonds. The molecule has 0 spiro atoms. The molecule has 1 unspecified atom stereocenters. The second kappa shape index (κ2) is 8.77. The molecule has 0 saturated heterocycles. The molecule has 5 heteroatoms. The van der Waals surface area contributed by atoms with Crippen molar-refractivity contribution in [1.82, 2.24) is 5.32 Å². The Morgan fingerprint density at radius 2 is 2.21 bits per heavy atom. The Labute approximate surface area is 119 Å². The van der Waals surface area contributed by atoms with Crippen molar-refractivity contribution < 1.29 is 9.53 Å². The van der Waals surface area contributed by atoms with E-state index in [2.05, 4.69) is 5.32 Å². The van der Waals surface area contributed by atoms with Gasteiger partial charge in [-0.3, -0.25) is 4.79 Å². The first-order valence-corrected chi connectivity index (χ1v) is 6.85. The third kappa shape index (κ3) is 6.45. The minimum absolute atomic E-state index is 0.0306. The minimum atomic E-state index is 0.0306. The molecule has 3 N–H and O–H groups in total. The smallest absolute Gasteiger partial charge is 0.220 e. The maximum Gasteiger partial charge on any atom is 0.220 e. The number of hydrogen-bond acceptors (Lipinski definition) is 3. The average molecular weight is 285 g/mol. The second-order valence-corrected chi connectivity index (χ2v) is 4.93. The summed E-state index contributed by atoms with van der Waals surface area (Å²) >= 11 is 5.95. The third-order valence-corrected chi connectivity index (χ3v) is 3.00. The van der Waals surface area contributed by atoms with Gasteiger partial charge in [-0.25, -0.2) is 0 Å². The van der Waals surface area contributed by atoms with Gasteiger partial charge in [0.15, 0.2) is 0 Å². The van der Waals surface area contributed by atoms with E-state index < -0.39 is 0 Å². The van der Waals surface area contributed by atoms with E-state index in [1.807, 2.05) is 25.1 Å². The fourth-order valence-corrected chi connectivity index (χ4v) is 1.63. The Kier molecular flexibility index (Phi) is 7.30. The van der Waals surface area contributed by atoms with Gasteiger partial charge in [0.25, 0.3) is 0 Å². The van der Waals surface area contributed by atoms with Crippen LogP contribution in [0.5, 0.6) is 5.75 Å². The number of rotatable bonds is 8. The zero-order valence-corrected chi connectivity index (χ0v) is 12.0. The minimum Gasteiger partial charge on any atom is -0.492 e. The second-order valence-electron chi connectivity index (χ2n) is 4.53. The molecule has 1 atom stereocenters. The van der Waals surface area contributed by atoms with Gasteiger partial charge in [0.2, 0.25) is 5.91 Å². The molecule has 4 nitrogen and oxygen atoms in total. The molecule has 0 bridgehead atoms. The van der Waals surface area contributed by atoms with Crippen LogP contribution in [0.4, 0.5) is 0 Å². The van der Waals surface area contributed by atoms with Gasteiger partial charge in [0, 0.05) is 13.0 Å². The summed E-state index contributed by atoms with van der Waals surface area (Å²) in [6.45, 7) is 3.68. The first-order chi connectivity index (χ1) is 9.13.